The summed E-state index contributed by atoms with van der Waals surface area (Å²) in [4.78, 5) is 0. The molecule has 0 unspecified atom stereocenters. The Morgan fingerprint density at radius 3 is 2.00 bits per heavy atom. The predicted octanol–water partition coefficient (Wildman–Crippen LogP) is 4.80. The van der Waals surface area contributed by atoms with Gasteiger partial charge in [-0.1, -0.05) is 73.3 Å². The highest BCUT2D eigenvalue weighted by Crippen LogP contribution is 2.22. The van der Waals surface area contributed by atoms with Crippen molar-refractivity contribution >= 4 is 11.6 Å². The standard InChI is InChI=1S/C17H16/c1-14(13-16-9-5-3-6-10-16)15(2)17-11-7-4-8-12-17/h3-13H,2H2,1H3. The van der Waals surface area contributed by atoms with E-state index < -0.39 is 0 Å². The first-order valence-electron chi connectivity index (χ1n) is 5.75. The molecule has 0 fully saturated rings. The Balaban J connectivity index is 2.24. The van der Waals surface area contributed by atoms with Gasteiger partial charge in [0.05, 0.1) is 0 Å². The van der Waals surface area contributed by atoms with Crippen molar-refractivity contribution in [2.75, 3.05) is 0 Å². The average Bonchev–Trinajstić information content (AvgIpc) is 2.40. The molecule has 0 aromatic heterocycles. The van der Waals surface area contributed by atoms with Crippen molar-refractivity contribution in [1.29, 1.82) is 0 Å². The summed E-state index contributed by atoms with van der Waals surface area (Å²) in [5, 5.41) is 0. The van der Waals surface area contributed by atoms with Crippen molar-refractivity contribution < 1.29 is 0 Å². The van der Waals surface area contributed by atoms with Gasteiger partial charge in [-0.15, -0.1) is 0 Å². The molecule has 84 valence electrons. The molecule has 0 heterocycles. The van der Waals surface area contributed by atoms with E-state index in [1.807, 2.05) is 36.4 Å². The molecule has 17 heavy (non-hydrogen) atoms. The summed E-state index contributed by atoms with van der Waals surface area (Å²) >= 11 is 0. The minimum absolute atomic E-state index is 1.08. The van der Waals surface area contributed by atoms with Crippen LogP contribution in [0.1, 0.15) is 18.1 Å². The summed E-state index contributed by atoms with van der Waals surface area (Å²) in [5.74, 6) is 0. The van der Waals surface area contributed by atoms with Gasteiger partial charge in [0.2, 0.25) is 0 Å². The Kier molecular flexibility index (Phi) is 3.56. The SMILES string of the molecule is C=C(C(C)=Cc1ccccc1)c1ccccc1. The summed E-state index contributed by atoms with van der Waals surface area (Å²) in [5.41, 5.74) is 4.66. The first-order chi connectivity index (χ1) is 8.27. The third-order valence-corrected chi connectivity index (χ3v) is 2.78. The van der Waals surface area contributed by atoms with Crippen molar-refractivity contribution in [3.8, 4) is 0 Å². The van der Waals surface area contributed by atoms with E-state index in [1.165, 1.54) is 16.7 Å². The molecule has 0 spiro atoms. The van der Waals surface area contributed by atoms with Gasteiger partial charge in [0.25, 0.3) is 0 Å². The third-order valence-electron chi connectivity index (χ3n) is 2.78. The molecule has 0 aliphatic rings. The summed E-state index contributed by atoms with van der Waals surface area (Å²) < 4.78 is 0. The summed E-state index contributed by atoms with van der Waals surface area (Å²) in [7, 11) is 0. The molecule has 0 atom stereocenters. The van der Waals surface area contributed by atoms with Crippen LogP contribution in [0.25, 0.3) is 11.6 Å². The lowest BCUT2D eigenvalue weighted by atomic mass is 9.99. The maximum atomic E-state index is 4.15. The van der Waals surface area contributed by atoms with Crippen LogP contribution in [0.15, 0.2) is 72.8 Å². The first kappa shape index (κ1) is 11.4. The van der Waals surface area contributed by atoms with Gasteiger partial charge in [0.15, 0.2) is 0 Å². The second-order valence-corrected chi connectivity index (χ2v) is 4.08. The Bertz CT molecular complexity index is 518. The highest BCUT2D eigenvalue weighted by Gasteiger charge is 2.00. The van der Waals surface area contributed by atoms with Crippen molar-refractivity contribution in [2.24, 2.45) is 0 Å². The fourth-order valence-corrected chi connectivity index (χ4v) is 1.75. The number of allylic oxidation sites excluding steroid dienone is 2. The number of benzene rings is 2. The number of hydrogen-bond donors (Lipinski definition) is 0. The summed E-state index contributed by atoms with van der Waals surface area (Å²) in [6.07, 6.45) is 2.16. The van der Waals surface area contributed by atoms with Gasteiger partial charge < -0.3 is 0 Å². The lowest BCUT2D eigenvalue weighted by Crippen LogP contribution is -1.84. The molecule has 0 aliphatic carbocycles. The second kappa shape index (κ2) is 5.31. The summed E-state index contributed by atoms with van der Waals surface area (Å²) in [6.45, 7) is 6.25. The van der Waals surface area contributed by atoms with Crippen LogP contribution in [0.4, 0.5) is 0 Å². The van der Waals surface area contributed by atoms with E-state index in [1.54, 1.807) is 0 Å². The van der Waals surface area contributed by atoms with Gasteiger partial charge in [0.1, 0.15) is 0 Å². The zero-order valence-corrected chi connectivity index (χ0v) is 10.1. The highest BCUT2D eigenvalue weighted by molar-refractivity contribution is 5.82. The van der Waals surface area contributed by atoms with Crippen LogP contribution in [0.2, 0.25) is 0 Å². The van der Waals surface area contributed by atoms with E-state index in [-0.39, 0.29) is 0 Å². The molecule has 0 radical (unpaired) electrons. The van der Waals surface area contributed by atoms with Gasteiger partial charge in [-0.3, -0.25) is 0 Å². The second-order valence-electron chi connectivity index (χ2n) is 4.08. The minimum Gasteiger partial charge on any atom is -0.0909 e. The third kappa shape index (κ3) is 2.94. The van der Waals surface area contributed by atoms with Crippen LogP contribution in [-0.4, -0.2) is 0 Å². The Morgan fingerprint density at radius 1 is 0.882 bits per heavy atom. The molecule has 0 saturated heterocycles. The first-order valence-corrected chi connectivity index (χ1v) is 5.75. The molecule has 0 N–H and O–H groups in total. The monoisotopic (exact) mass is 220 g/mol. The normalized spacial score (nSPS) is 11.2. The van der Waals surface area contributed by atoms with Gasteiger partial charge in [-0.2, -0.15) is 0 Å². The van der Waals surface area contributed by atoms with Crippen molar-refractivity contribution in [3.63, 3.8) is 0 Å². The fourth-order valence-electron chi connectivity index (χ4n) is 1.75. The zero-order valence-electron chi connectivity index (χ0n) is 10.1. The lowest BCUT2D eigenvalue weighted by Gasteiger charge is -2.06. The molecule has 0 saturated carbocycles. The number of hydrogen-bond acceptors (Lipinski definition) is 0. The van der Waals surface area contributed by atoms with Gasteiger partial charge in [-0.25, -0.2) is 0 Å². The topological polar surface area (TPSA) is 0 Å². The molecule has 0 nitrogen and oxygen atoms in total. The van der Waals surface area contributed by atoms with E-state index in [0.29, 0.717) is 0 Å². The molecule has 2 aromatic carbocycles. The van der Waals surface area contributed by atoms with Gasteiger partial charge in [-0.05, 0) is 29.2 Å². The minimum atomic E-state index is 1.08. The molecule has 2 aromatic rings. The Labute approximate surface area is 103 Å². The van der Waals surface area contributed by atoms with Crippen LogP contribution in [0, 0.1) is 0 Å². The van der Waals surface area contributed by atoms with Gasteiger partial charge >= 0.3 is 0 Å². The smallest absolute Gasteiger partial charge is 0.0187 e. The lowest BCUT2D eigenvalue weighted by molar-refractivity contribution is 1.52. The van der Waals surface area contributed by atoms with Crippen LogP contribution in [0.3, 0.4) is 0 Å². The van der Waals surface area contributed by atoms with Crippen molar-refractivity contribution in [3.05, 3.63) is 83.9 Å². The molecule has 2 rings (SSSR count). The molecular weight excluding hydrogens is 204 g/mol. The Morgan fingerprint density at radius 2 is 1.41 bits per heavy atom. The average molecular weight is 220 g/mol. The molecule has 0 heteroatoms. The van der Waals surface area contributed by atoms with Crippen LogP contribution < -0.4 is 0 Å². The quantitative estimate of drug-likeness (QED) is 0.651. The largest absolute Gasteiger partial charge is 0.0909 e. The molecule has 0 bridgehead atoms. The van der Waals surface area contributed by atoms with E-state index in [0.717, 1.165) is 5.57 Å². The number of rotatable bonds is 3. The molecular formula is C17H16. The van der Waals surface area contributed by atoms with E-state index in [9.17, 15) is 0 Å². The van der Waals surface area contributed by atoms with Crippen molar-refractivity contribution in [1.82, 2.24) is 0 Å². The van der Waals surface area contributed by atoms with E-state index >= 15 is 0 Å². The van der Waals surface area contributed by atoms with Crippen LogP contribution >= 0.6 is 0 Å². The van der Waals surface area contributed by atoms with Gasteiger partial charge in [0, 0.05) is 0 Å². The predicted molar refractivity (Wildman–Crippen MR) is 75.6 cm³/mol. The van der Waals surface area contributed by atoms with E-state index in [2.05, 4.69) is 43.8 Å². The maximum Gasteiger partial charge on any atom is -0.0187 e. The summed E-state index contributed by atoms with van der Waals surface area (Å²) in [6, 6.07) is 20.6. The zero-order chi connectivity index (χ0) is 12.1. The Hall–Kier alpha value is -2.08. The van der Waals surface area contributed by atoms with Crippen molar-refractivity contribution in [2.45, 2.75) is 6.92 Å². The van der Waals surface area contributed by atoms with E-state index in [4.69, 9.17) is 0 Å². The highest BCUT2D eigenvalue weighted by atomic mass is 14.0. The van der Waals surface area contributed by atoms with Crippen LogP contribution in [-0.2, 0) is 0 Å². The molecule has 0 amide bonds. The molecule has 0 aliphatic heterocycles. The maximum absolute atomic E-state index is 4.15. The fraction of sp³-hybridized carbons (Fsp3) is 0.0588. The van der Waals surface area contributed by atoms with Crippen LogP contribution in [0.5, 0.6) is 0 Å².